The van der Waals surface area contributed by atoms with Crippen LogP contribution in [0.25, 0.3) is 0 Å². The van der Waals surface area contributed by atoms with Gasteiger partial charge in [-0.05, 0) is 51.2 Å². The van der Waals surface area contributed by atoms with Crippen LogP contribution in [-0.4, -0.2) is 74.7 Å². The Morgan fingerprint density at radius 3 is 2.58 bits per heavy atom. The van der Waals surface area contributed by atoms with Crippen molar-refractivity contribution in [1.29, 1.82) is 5.26 Å². The molecule has 6 heteroatoms. The molecule has 0 saturated carbocycles. The second-order valence-electron chi connectivity index (χ2n) is 7.59. The molecule has 2 atom stereocenters. The van der Waals surface area contributed by atoms with Crippen molar-refractivity contribution < 1.29 is 9.53 Å². The van der Waals surface area contributed by atoms with E-state index in [1.54, 1.807) is 24.3 Å². The van der Waals surface area contributed by atoms with E-state index in [0.717, 1.165) is 45.7 Å². The van der Waals surface area contributed by atoms with Crippen molar-refractivity contribution in [2.75, 3.05) is 46.9 Å². The summed E-state index contributed by atoms with van der Waals surface area (Å²) in [5.74, 6) is 0.354. The first kappa shape index (κ1) is 18.8. The highest BCUT2D eigenvalue weighted by molar-refractivity contribution is 5.94. The lowest BCUT2D eigenvalue weighted by molar-refractivity contribution is 0.0403. The number of benzene rings is 1. The number of rotatable bonds is 5. The monoisotopic (exact) mass is 356 g/mol. The minimum atomic E-state index is -0.0583. The lowest BCUT2D eigenvalue weighted by Crippen LogP contribution is -2.44. The van der Waals surface area contributed by atoms with E-state index in [4.69, 9.17) is 10.00 Å². The number of hydrogen-bond acceptors (Lipinski definition) is 5. The van der Waals surface area contributed by atoms with Crippen LogP contribution in [0.15, 0.2) is 24.3 Å². The number of hydrogen-bond donors (Lipinski definition) is 1. The molecule has 2 aliphatic heterocycles. The summed E-state index contributed by atoms with van der Waals surface area (Å²) in [7, 11) is 4.16. The first-order chi connectivity index (χ1) is 12.6. The minimum Gasteiger partial charge on any atom is -0.381 e. The van der Waals surface area contributed by atoms with Crippen LogP contribution >= 0.6 is 0 Å². The summed E-state index contributed by atoms with van der Waals surface area (Å²) in [5.41, 5.74) is 1.18. The molecule has 1 amide bonds. The molecule has 2 saturated heterocycles. The van der Waals surface area contributed by atoms with Crippen molar-refractivity contribution in [3.63, 3.8) is 0 Å². The molecule has 0 radical (unpaired) electrons. The first-order valence-electron chi connectivity index (χ1n) is 9.34. The fourth-order valence-electron chi connectivity index (χ4n) is 4.02. The van der Waals surface area contributed by atoms with Crippen LogP contribution in [0.1, 0.15) is 28.8 Å². The Bertz CT molecular complexity index is 647. The van der Waals surface area contributed by atoms with Gasteiger partial charge >= 0.3 is 0 Å². The highest BCUT2D eigenvalue weighted by atomic mass is 16.5. The zero-order valence-electron chi connectivity index (χ0n) is 15.6. The number of ether oxygens (including phenoxy) is 1. The van der Waals surface area contributed by atoms with Crippen molar-refractivity contribution in [2.24, 2.45) is 5.92 Å². The van der Waals surface area contributed by atoms with E-state index >= 15 is 0 Å². The molecule has 0 unspecified atom stereocenters. The summed E-state index contributed by atoms with van der Waals surface area (Å²) >= 11 is 0. The van der Waals surface area contributed by atoms with E-state index in [1.807, 2.05) is 0 Å². The van der Waals surface area contributed by atoms with Gasteiger partial charge in [-0.2, -0.15) is 5.26 Å². The van der Waals surface area contributed by atoms with Gasteiger partial charge in [-0.1, -0.05) is 0 Å². The van der Waals surface area contributed by atoms with Crippen LogP contribution in [0.4, 0.5) is 0 Å². The third-order valence-corrected chi connectivity index (χ3v) is 5.37. The summed E-state index contributed by atoms with van der Waals surface area (Å²) in [5, 5.41) is 12.1. The van der Waals surface area contributed by atoms with E-state index in [-0.39, 0.29) is 11.9 Å². The molecule has 2 fully saturated rings. The number of carbonyl (C=O) groups is 1. The van der Waals surface area contributed by atoms with Gasteiger partial charge in [0.15, 0.2) is 0 Å². The Morgan fingerprint density at radius 1 is 1.27 bits per heavy atom. The summed E-state index contributed by atoms with van der Waals surface area (Å²) < 4.78 is 5.49. The fraction of sp³-hybridized carbons (Fsp3) is 0.600. The molecule has 140 valence electrons. The van der Waals surface area contributed by atoms with Gasteiger partial charge in [0, 0.05) is 56.4 Å². The van der Waals surface area contributed by atoms with Crippen LogP contribution in [0.3, 0.4) is 0 Å². The molecule has 0 bridgehead atoms. The van der Waals surface area contributed by atoms with Gasteiger partial charge in [0.2, 0.25) is 0 Å². The number of amides is 1. The maximum absolute atomic E-state index is 12.7. The molecule has 1 N–H and O–H groups in total. The van der Waals surface area contributed by atoms with Gasteiger partial charge in [0.1, 0.15) is 0 Å². The second kappa shape index (κ2) is 8.63. The Morgan fingerprint density at radius 2 is 1.96 bits per heavy atom. The van der Waals surface area contributed by atoms with Crippen LogP contribution in [0.5, 0.6) is 0 Å². The van der Waals surface area contributed by atoms with Gasteiger partial charge < -0.3 is 15.0 Å². The number of nitrogens with zero attached hydrogens (tertiary/aromatic N) is 3. The molecule has 1 aromatic rings. The SMILES string of the molecule is CN(C)C[C@@H]1CN(C2CCOCC2)C[C@H]1NC(=O)c1ccc(C#N)cc1. The van der Waals surface area contributed by atoms with Gasteiger partial charge in [-0.3, -0.25) is 9.69 Å². The quantitative estimate of drug-likeness (QED) is 0.862. The van der Waals surface area contributed by atoms with Crippen LogP contribution in [0.2, 0.25) is 0 Å². The lowest BCUT2D eigenvalue weighted by Gasteiger charge is -2.31. The number of carbonyl (C=O) groups excluding carboxylic acids is 1. The van der Waals surface area contributed by atoms with E-state index in [1.165, 1.54) is 0 Å². The Labute approximate surface area is 155 Å². The number of likely N-dealkylation sites (tertiary alicyclic amines) is 1. The summed E-state index contributed by atoms with van der Waals surface area (Å²) in [6.07, 6.45) is 2.15. The number of nitrogens with one attached hydrogen (secondary N) is 1. The Balaban J connectivity index is 1.66. The smallest absolute Gasteiger partial charge is 0.251 e. The second-order valence-corrected chi connectivity index (χ2v) is 7.59. The van der Waals surface area contributed by atoms with Crippen molar-refractivity contribution in [3.05, 3.63) is 35.4 Å². The largest absolute Gasteiger partial charge is 0.381 e. The summed E-state index contributed by atoms with van der Waals surface area (Å²) in [6, 6.07) is 9.61. The Hall–Kier alpha value is -1.94. The van der Waals surface area contributed by atoms with Crippen molar-refractivity contribution in [3.8, 4) is 6.07 Å². The van der Waals surface area contributed by atoms with Crippen molar-refractivity contribution >= 4 is 5.91 Å². The average Bonchev–Trinajstić information content (AvgIpc) is 3.04. The standard InChI is InChI=1S/C20H28N4O2/c1-23(2)12-17-13-24(18-7-9-26-10-8-18)14-19(17)22-20(25)16-5-3-15(11-21)4-6-16/h3-6,17-19H,7-10,12-14H2,1-2H3,(H,22,25)/t17-,19-/m1/s1. The van der Waals surface area contributed by atoms with Gasteiger partial charge in [-0.15, -0.1) is 0 Å². The van der Waals surface area contributed by atoms with Crippen LogP contribution in [-0.2, 0) is 4.74 Å². The maximum Gasteiger partial charge on any atom is 0.251 e. The normalized spacial score (nSPS) is 24.5. The molecule has 26 heavy (non-hydrogen) atoms. The molecule has 0 spiro atoms. The fourth-order valence-corrected chi connectivity index (χ4v) is 4.02. The van der Waals surface area contributed by atoms with Crippen LogP contribution < -0.4 is 5.32 Å². The zero-order valence-corrected chi connectivity index (χ0v) is 15.6. The average molecular weight is 356 g/mol. The third-order valence-electron chi connectivity index (χ3n) is 5.37. The topological polar surface area (TPSA) is 68.6 Å². The van der Waals surface area contributed by atoms with Crippen molar-refractivity contribution in [2.45, 2.75) is 24.9 Å². The molecule has 2 aliphatic rings. The molecule has 1 aromatic carbocycles. The molecule has 2 heterocycles. The summed E-state index contributed by atoms with van der Waals surface area (Å²) in [6.45, 7) is 4.54. The third kappa shape index (κ3) is 4.61. The lowest BCUT2D eigenvalue weighted by atomic mass is 10.0. The molecule has 3 rings (SSSR count). The van der Waals surface area contributed by atoms with Gasteiger partial charge in [-0.25, -0.2) is 0 Å². The predicted molar refractivity (Wildman–Crippen MR) is 99.9 cm³/mol. The summed E-state index contributed by atoms with van der Waals surface area (Å²) in [4.78, 5) is 17.4. The molecular formula is C20H28N4O2. The van der Waals surface area contributed by atoms with E-state index in [0.29, 0.717) is 23.1 Å². The Kier molecular flexibility index (Phi) is 6.25. The highest BCUT2D eigenvalue weighted by Crippen LogP contribution is 2.25. The number of nitriles is 1. The molecule has 0 aliphatic carbocycles. The van der Waals surface area contributed by atoms with Gasteiger partial charge in [0.25, 0.3) is 5.91 Å². The first-order valence-corrected chi connectivity index (χ1v) is 9.34. The molecule has 0 aromatic heterocycles. The van der Waals surface area contributed by atoms with E-state index in [2.05, 4.69) is 35.3 Å². The predicted octanol–water partition coefficient (Wildman–Crippen LogP) is 1.33. The van der Waals surface area contributed by atoms with Gasteiger partial charge in [0.05, 0.1) is 11.6 Å². The van der Waals surface area contributed by atoms with E-state index < -0.39 is 0 Å². The maximum atomic E-state index is 12.7. The van der Waals surface area contributed by atoms with E-state index in [9.17, 15) is 4.79 Å². The van der Waals surface area contributed by atoms with Crippen molar-refractivity contribution in [1.82, 2.24) is 15.1 Å². The molecule has 6 nitrogen and oxygen atoms in total. The molecular weight excluding hydrogens is 328 g/mol. The minimum absolute atomic E-state index is 0.0583. The highest BCUT2D eigenvalue weighted by Gasteiger charge is 2.37. The zero-order chi connectivity index (χ0) is 18.5. The van der Waals surface area contributed by atoms with Crippen LogP contribution in [0, 0.1) is 17.2 Å².